The molecule has 5 heterocycles. The third-order valence-corrected chi connectivity index (χ3v) is 5.01. The SMILES string of the molecule is Fc1cnccc1Nc1nc(-c2ccccn2)nn2ccc(CN3CCOCC3)c12. The van der Waals surface area contributed by atoms with E-state index in [0.717, 1.165) is 43.9 Å². The van der Waals surface area contributed by atoms with Crippen molar-refractivity contribution in [1.82, 2.24) is 29.5 Å². The van der Waals surface area contributed by atoms with Gasteiger partial charge < -0.3 is 10.1 Å². The fraction of sp³-hybridized carbons (Fsp3) is 0.238. The van der Waals surface area contributed by atoms with Crippen LogP contribution in [0.4, 0.5) is 15.9 Å². The quantitative estimate of drug-likeness (QED) is 0.547. The highest BCUT2D eigenvalue weighted by Gasteiger charge is 2.18. The van der Waals surface area contributed by atoms with Crippen LogP contribution < -0.4 is 5.32 Å². The summed E-state index contributed by atoms with van der Waals surface area (Å²) in [6.07, 6.45) is 6.30. The Hall–Kier alpha value is -3.43. The summed E-state index contributed by atoms with van der Waals surface area (Å²) in [7, 11) is 0. The van der Waals surface area contributed by atoms with Crippen molar-refractivity contribution >= 4 is 17.0 Å². The van der Waals surface area contributed by atoms with Gasteiger partial charge in [0.25, 0.3) is 0 Å². The molecule has 0 saturated carbocycles. The van der Waals surface area contributed by atoms with E-state index in [1.165, 1.54) is 12.4 Å². The van der Waals surface area contributed by atoms with Gasteiger partial charge in [-0.2, -0.15) is 0 Å². The molecule has 4 aromatic rings. The zero-order valence-corrected chi connectivity index (χ0v) is 16.2. The Bertz CT molecular complexity index is 1160. The lowest BCUT2D eigenvalue weighted by Crippen LogP contribution is -2.35. The van der Waals surface area contributed by atoms with Crippen molar-refractivity contribution in [1.29, 1.82) is 0 Å². The number of hydrogen-bond acceptors (Lipinski definition) is 7. The third kappa shape index (κ3) is 3.72. The van der Waals surface area contributed by atoms with E-state index in [2.05, 4.69) is 25.3 Å². The fourth-order valence-corrected chi connectivity index (χ4v) is 3.51. The lowest BCUT2D eigenvalue weighted by Gasteiger charge is -2.26. The molecule has 0 aliphatic carbocycles. The van der Waals surface area contributed by atoms with Gasteiger partial charge in [-0.25, -0.2) is 13.9 Å². The van der Waals surface area contributed by atoms with Gasteiger partial charge in [0.05, 0.1) is 25.1 Å². The van der Waals surface area contributed by atoms with Crippen LogP contribution in [0.3, 0.4) is 0 Å². The molecule has 0 radical (unpaired) electrons. The first-order chi connectivity index (χ1) is 14.8. The molecule has 30 heavy (non-hydrogen) atoms. The van der Waals surface area contributed by atoms with Crippen molar-refractivity contribution in [2.75, 3.05) is 31.6 Å². The van der Waals surface area contributed by atoms with Crippen molar-refractivity contribution in [3.63, 3.8) is 0 Å². The maximum atomic E-state index is 14.3. The van der Waals surface area contributed by atoms with E-state index in [1.54, 1.807) is 16.8 Å². The number of ether oxygens (including phenoxy) is 1. The molecule has 0 bridgehead atoms. The first-order valence-electron chi connectivity index (χ1n) is 9.74. The van der Waals surface area contributed by atoms with Crippen LogP contribution in [0.5, 0.6) is 0 Å². The smallest absolute Gasteiger partial charge is 0.200 e. The minimum absolute atomic E-state index is 0.302. The van der Waals surface area contributed by atoms with Crippen LogP contribution in [0.25, 0.3) is 17.0 Å². The molecule has 1 aliphatic rings. The Balaban J connectivity index is 1.60. The number of fused-ring (bicyclic) bond motifs is 1. The average Bonchev–Trinajstić information content (AvgIpc) is 3.19. The largest absolute Gasteiger partial charge is 0.379 e. The normalized spacial score (nSPS) is 14.8. The van der Waals surface area contributed by atoms with Gasteiger partial charge in [-0.05, 0) is 29.8 Å². The van der Waals surface area contributed by atoms with Crippen molar-refractivity contribution in [3.05, 3.63) is 66.5 Å². The average molecular weight is 405 g/mol. The number of morpholine rings is 1. The number of nitrogens with zero attached hydrogens (tertiary/aromatic N) is 6. The fourth-order valence-electron chi connectivity index (χ4n) is 3.51. The second-order valence-corrected chi connectivity index (χ2v) is 7.00. The Labute approximate surface area is 172 Å². The second-order valence-electron chi connectivity index (χ2n) is 7.00. The predicted octanol–water partition coefficient (Wildman–Crippen LogP) is 2.90. The molecular formula is C21H20FN7O. The van der Waals surface area contributed by atoms with E-state index in [4.69, 9.17) is 9.72 Å². The number of pyridine rings is 2. The molecule has 9 heteroatoms. The first kappa shape index (κ1) is 18.6. The molecule has 1 saturated heterocycles. The molecule has 0 aromatic carbocycles. The Kier molecular flexibility index (Phi) is 5.04. The summed E-state index contributed by atoms with van der Waals surface area (Å²) in [6, 6.07) is 9.17. The third-order valence-electron chi connectivity index (χ3n) is 5.01. The van der Waals surface area contributed by atoms with Crippen LogP contribution in [0.1, 0.15) is 5.56 Å². The van der Waals surface area contributed by atoms with Gasteiger partial charge in [-0.3, -0.25) is 14.9 Å². The number of halogens is 1. The predicted molar refractivity (Wildman–Crippen MR) is 110 cm³/mol. The minimum atomic E-state index is -0.449. The molecule has 0 unspecified atom stereocenters. The maximum absolute atomic E-state index is 14.3. The number of rotatable bonds is 5. The summed E-state index contributed by atoms with van der Waals surface area (Å²) < 4.78 is 21.5. The highest BCUT2D eigenvalue weighted by Crippen LogP contribution is 2.27. The van der Waals surface area contributed by atoms with Gasteiger partial charge in [-0.15, -0.1) is 5.10 Å². The first-order valence-corrected chi connectivity index (χ1v) is 9.74. The summed E-state index contributed by atoms with van der Waals surface area (Å²) in [5.74, 6) is 0.521. The van der Waals surface area contributed by atoms with Crippen molar-refractivity contribution in [2.45, 2.75) is 6.54 Å². The molecule has 5 rings (SSSR count). The van der Waals surface area contributed by atoms with E-state index in [0.29, 0.717) is 23.0 Å². The Morgan fingerprint density at radius 1 is 1.10 bits per heavy atom. The topological polar surface area (TPSA) is 80.5 Å². The minimum Gasteiger partial charge on any atom is -0.379 e. The zero-order chi connectivity index (χ0) is 20.3. The lowest BCUT2D eigenvalue weighted by molar-refractivity contribution is 0.0344. The number of nitrogens with one attached hydrogen (secondary N) is 1. The van der Waals surface area contributed by atoms with Gasteiger partial charge in [0, 0.05) is 38.2 Å². The van der Waals surface area contributed by atoms with Crippen LogP contribution in [-0.4, -0.2) is 55.8 Å². The van der Waals surface area contributed by atoms with Crippen molar-refractivity contribution in [3.8, 4) is 11.5 Å². The molecule has 8 nitrogen and oxygen atoms in total. The summed E-state index contributed by atoms with van der Waals surface area (Å²) in [6.45, 7) is 3.91. The monoisotopic (exact) mass is 405 g/mol. The van der Waals surface area contributed by atoms with Gasteiger partial charge >= 0.3 is 0 Å². The van der Waals surface area contributed by atoms with Crippen LogP contribution >= 0.6 is 0 Å². The zero-order valence-electron chi connectivity index (χ0n) is 16.2. The van der Waals surface area contributed by atoms with Gasteiger partial charge in [0.2, 0.25) is 5.82 Å². The standard InChI is InChI=1S/C21H20FN7O/c22-16-13-23-7-4-17(16)25-21-19-15(14-28-9-11-30-12-10-28)5-8-29(19)27-20(26-21)18-3-1-2-6-24-18/h1-8,13H,9-12,14H2,(H,23,25,26,27). The molecule has 1 aliphatic heterocycles. The van der Waals surface area contributed by atoms with Gasteiger partial charge in [-0.1, -0.05) is 6.07 Å². The molecule has 0 spiro atoms. The molecular weight excluding hydrogens is 385 g/mol. The summed E-state index contributed by atoms with van der Waals surface area (Å²) in [4.78, 5) is 15.2. The number of hydrogen-bond donors (Lipinski definition) is 1. The molecule has 1 fully saturated rings. The van der Waals surface area contributed by atoms with Crippen LogP contribution in [-0.2, 0) is 11.3 Å². The van der Waals surface area contributed by atoms with E-state index >= 15 is 0 Å². The number of anilines is 2. The summed E-state index contributed by atoms with van der Waals surface area (Å²) in [5.41, 5.74) is 2.80. The van der Waals surface area contributed by atoms with E-state index in [9.17, 15) is 4.39 Å². The second kappa shape index (κ2) is 8.13. The van der Waals surface area contributed by atoms with Crippen LogP contribution in [0.2, 0.25) is 0 Å². The Morgan fingerprint density at radius 2 is 2.00 bits per heavy atom. The molecule has 0 amide bonds. The molecule has 0 atom stereocenters. The molecule has 1 N–H and O–H groups in total. The molecule has 4 aromatic heterocycles. The lowest BCUT2D eigenvalue weighted by atomic mass is 10.2. The van der Waals surface area contributed by atoms with Crippen molar-refractivity contribution < 1.29 is 9.13 Å². The van der Waals surface area contributed by atoms with Crippen molar-refractivity contribution in [2.24, 2.45) is 0 Å². The van der Waals surface area contributed by atoms with E-state index < -0.39 is 5.82 Å². The van der Waals surface area contributed by atoms with Crippen LogP contribution in [0.15, 0.2) is 55.1 Å². The molecule has 152 valence electrons. The maximum Gasteiger partial charge on any atom is 0.200 e. The van der Waals surface area contributed by atoms with Crippen LogP contribution in [0, 0.1) is 5.82 Å². The van der Waals surface area contributed by atoms with E-state index in [-0.39, 0.29) is 0 Å². The van der Waals surface area contributed by atoms with E-state index in [1.807, 2.05) is 30.5 Å². The highest BCUT2D eigenvalue weighted by molar-refractivity contribution is 5.78. The number of aromatic nitrogens is 5. The summed E-state index contributed by atoms with van der Waals surface area (Å²) >= 11 is 0. The van der Waals surface area contributed by atoms with Gasteiger partial charge in [0.15, 0.2) is 11.6 Å². The summed E-state index contributed by atoms with van der Waals surface area (Å²) in [5, 5.41) is 7.77. The van der Waals surface area contributed by atoms with Gasteiger partial charge in [0.1, 0.15) is 11.2 Å². The highest BCUT2D eigenvalue weighted by atomic mass is 19.1. The Morgan fingerprint density at radius 3 is 2.80 bits per heavy atom.